The molecule has 1 aromatic heterocycles. The predicted molar refractivity (Wildman–Crippen MR) is 77.1 cm³/mol. The maximum Gasteiger partial charge on any atom is 0.280 e. The summed E-state index contributed by atoms with van der Waals surface area (Å²) >= 11 is 1.57. The number of benzene rings is 1. The number of hydrogen-bond acceptors (Lipinski definition) is 3. The first-order valence-electron chi connectivity index (χ1n) is 5.84. The minimum absolute atomic E-state index is 0.0208. The average Bonchev–Trinajstić information content (AvgIpc) is 2.92. The van der Waals surface area contributed by atoms with E-state index in [1.807, 2.05) is 36.6 Å². The monoisotopic (exact) mass is 272 g/mol. The standard InChI is InChI=1S/C14H12N2O2S/c1-19-7-9-10-11(14(18)15-9)12(16-13(10)17)8-5-3-2-4-6-8/h2-6,16-17H,7H2,1H3. The van der Waals surface area contributed by atoms with Crippen molar-refractivity contribution in [1.82, 2.24) is 4.98 Å². The first-order chi connectivity index (χ1) is 9.22. The zero-order valence-electron chi connectivity index (χ0n) is 10.3. The van der Waals surface area contributed by atoms with Crippen LogP contribution in [0.25, 0.3) is 11.3 Å². The molecular weight excluding hydrogens is 260 g/mol. The van der Waals surface area contributed by atoms with Gasteiger partial charge in [0.05, 0.1) is 22.5 Å². The Morgan fingerprint density at radius 2 is 2.00 bits per heavy atom. The zero-order chi connectivity index (χ0) is 13.4. The van der Waals surface area contributed by atoms with E-state index in [-0.39, 0.29) is 11.8 Å². The Morgan fingerprint density at radius 3 is 2.68 bits per heavy atom. The van der Waals surface area contributed by atoms with E-state index in [4.69, 9.17) is 0 Å². The quantitative estimate of drug-likeness (QED) is 0.902. The van der Waals surface area contributed by atoms with Crippen LogP contribution in [0.3, 0.4) is 0 Å². The van der Waals surface area contributed by atoms with Crippen molar-refractivity contribution < 1.29 is 9.90 Å². The Morgan fingerprint density at radius 1 is 1.26 bits per heavy atom. The second-order valence-corrected chi connectivity index (χ2v) is 5.13. The Hall–Kier alpha value is -2.01. The van der Waals surface area contributed by atoms with Gasteiger partial charge in [0.25, 0.3) is 5.91 Å². The van der Waals surface area contributed by atoms with Crippen LogP contribution in [0.1, 0.15) is 15.9 Å². The molecule has 5 heteroatoms. The summed E-state index contributed by atoms with van der Waals surface area (Å²) in [5.74, 6) is 0.347. The summed E-state index contributed by atoms with van der Waals surface area (Å²) < 4.78 is 0. The minimum Gasteiger partial charge on any atom is -0.494 e. The van der Waals surface area contributed by atoms with Crippen molar-refractivity contribution in [1.29, 1.82) is 0 Å². The molecule has 0 saturated carbocycles. The van der Waals surface area contributed by atoms with E-state index in [9.17, 15) is 9.90 Å². The third-order valence-electron chi connectivity index (χ3n) is 3.06. The highest BCUT2D eigenvalue weighted by Gasteiger charge is 2.32. The van der Waals surface area contributed by atoms with Crippen molar-refractivity contribution >= 4 is 23.4 Å². The van der Waals surface area contributed by atoms with Gasteiger partial charge in [0.2, 0.25) is 0 Å². The molecule has 96 valence electrons. The van der Waals surface area contributed by atoms with Crippen LogP contribution in [-0.2, 0) is 0 Å². The number of nitrogens with zero attached hydrogens (tertiary/aromatic N) is 1. The van der Waals surface area contributed by atoms with Crippen molar-refractivity contribution in [3.8, 4) is 17.1 Å². The number of H-pyrrole nitrogens is 1. The molecule has 0 atom stereocenters. The van der Waals surface area contributed by atoms with Crippen LogP contribution in [0.2, 0.25) is 0 Å². The maximum absolute atomic E-state index is 12.0. The van der Waals surface area contributed by atoms with E-state index in [2.05, 4.69) is 9.98 Å². The molecule has 1 aromatic carbocycles. The highest BCUT2D eigenvalue weighted by molar-refractivity contribution is 7.99. The van der Waals surface area contributed by atoms with Crippen LogP contribution in [0.5, 0.6) is 5.88 Å². The van der Waals surface area contributed by atoms with E-state index >= 15 is 0 Å². The minimum atomic E-state index is -0.283. The molecule has 19 heavy (non-hydrogen) atoms. The number of fused-ring (bicyclic) bond motifs is 1. The number of hydrogen-bond donors (Lipinski definition) is 2. The van der Waals surface area contributed by atoms with Crippen molar-refractivity contribution in [2.45, 2.75) is 0 Å². The van der Waals surface area contributed by atoms with Crippen LogP contribution in [-0.4, -0.2) is 33.7 Å². The fourth-order valence-corrected chi connectivity index (χ4v) is 2.76. The van der Waals surface area contributed by atoms with Gasteiger partial charge in [-0.15, -0.1) is 0 Å². The Kier molecular flexibility index (Phi) is 2.91. The molecule has 0 saturated heterocycles. The fraction of sp³-hybridized carbons (Fsp3) is 0.143. The van der Waals surface area contributed by atoms with E-state index < -0.39 is 0 Å². The molecule has 1 amide bonds. The normalized spacial score (nSPS) is 13.5. The van der Waals surface area contributed by atoms with Gasteiger partial charge in [0, 0.05) is 5.75 Å². The topological polar surface area (TPSA) is 65.5 Å². The van der Waals surface area contributed by atoms with Gasteiger partial charge < -0.3 is 10.1 Å². The van der Waals surface area contributed by atoms with Gasteiger partial charge in [-0.25, -0.2) is 4.99 Å². The van der Waals surface area contributed by atoms with Crippen LogP contribution in [0.15, 0.2) is 35.3 Å². The van der Waals surface area contributed by atoms with E-state index in [0.29, 0.717) is 28.3 Å². The highest BCUT2D eigenvalue weighted by Crippen LogP contribution is 2.36. The number of rotatable bonds is 3. The third-order valence-corrected chi connectivity index (χ3v) is 3.62. The maximum atomic E-state index is 12.0. The second-order valence-electron chi connectivity index (χ2n) is 4.26. The fourth-order valence-electron chi connectivity index (χ4n) is 2.28. The molecule has 0 radical (unpaired) electrons. The number of aromatic amines is 1. The van der Waals surface area contributed by atoms with Gasteiger partial charge in [0.15, 0.2) is 5.88 Å². The smallest absolute Gasteiger partial charge is 0.280 e. The number of amides is 1. The van der Waals surface area contributed by atoms with Crippen molar-refractivity contribution in [3.63, 3.8) is 0 Å². The van der Waals surface area contributed by atoms with Crippen molar-refractivity contribution in [2.24, 2.45) is 4.99 Å². The first kappa shape index (κ1) is 12.0. The second kappa shape index (κ2) is 4.59. The molecule has 0 spiro atoms. The lowest BCUT2D eigenvalue weighted by Crippen LogP contribution is -1.99. The van der Waals surface area contributed by atoms with E-state index in [0.717, 1.165) is 5.56 Å². The van der Waals surface area contributed by atoms with Gasteiger partial charge in [-0.05, 0) is 11.8 Å². The Labute approximate surface area is 114 Å². The van der Waals surface area contributed by atoms with Gasteiger partial charge in [-0.3, -0.25) is 4.79 Å². The van der Waals surface area contributed by atoms with E-state index in [1.165, 1.54) is 0 Å². The lowest BCUT2D eigenvalue weighted by molar-refractivity contribution is 0.101. The molecule has 2 heterocycles. The number of carbonyl (C=O) groups excluding carboxylic acids is 1. The van der Waals surface area contributed by atoms with Gasteiger partial charge >= 0.3 is 0 Å². The number of nitrogens with one attached hydrogen (secondary N) is 1. The number of aromatic nitrogens is 1. The van der Waals surface area contributed by atoms with Crippen LogP contribution in [0, 0.1) is 0 Å². The Bertz CT molecular complexity index is 674. The zero-order valence-corrected chi connectivity index (χ0v) is 11.1. The lowest BCUT2D eigenvalue weighted by atomic mass is 10.0. The summed E-state index contributed by atoms with van der Waals surface area (Å²) in [4.78, 5) is 19.0. The summed E-state index contributed by atoms with van der Waals surface area (Å²) in [5, 5.41) is 10.0. The average molecular weight is 272 g/mol. The molecule has 0 aliphatic carbocycles. The summed E-state index contributed by atoms with van der Waals surface area (Å²) in [6.45, 7) is 0. The van der Waals surface area contributed by atoms with Crippen LogP contribution < -0.4 is 0 Å². The first-order valence-corrected chi connectivity index (χ1v) is 7.23. The SMILES string of the molecule is CSCC1=NC(=O)c2c(-c3ccccc3)[nH]c(O)c21. The molecule has 1 aliphatic rings. The van der Waals surface area contributed by atoms with Crippen LogP contribution in [0.4, 0.5) is 0 Å². The van der Waals surface area contributed by atoms with Gasteiger partial charge in [-0.1, -0.05) is 30.3 Å². The summed E-state index contributed by atoms with van der Waals surface area (Å²) in [5.41, 5.74) is 3.18. The number of aromatic hydroxyl groups is 1. The predicted octanol–water partition coefficient (Wildman–Crippen LogP) is 2.69. The molecule has 3 rings (SSSR count). The van der Waals surface area contributed by atoms with Crippen molar-refractivity contribution in [3.05, 3.63) is 41.5 Å². The molecule has 1 aliphatic heterocycles. The van der Waals surface area contributed by atoms with Gasteiger partial charge in [0.1, 0.15) is 0 Å². The van der Waals surface area contributed by atoms with Crippen LogP contribution >= 0.6 is 11.8 Å². The molecule has 2 N–H and O–H groups in total. The largest absolute Gasteiger partial charge is 0.494 e. The summed E-state index contributed by atoms with van der Waals surface area (Å²) in [6.07, 6.45) is 1.94. The Balaban J connectivity index is 2.16. The number of aliphatic imine (C=N–C) groups is 1. The highest BCUT2D eigenvalue weighted by atomic mass is 32.2. The summed E-state index contributed by atoms with van der Waals surface area (Å²) in [6, 6.07) is 9.48. The molecule has 4 nitrogen and oxygen atoms in total. The third kappa shape index (κ3) is 1.86. The molecule has 0 fully saturated rings. The molecule has 0 unspecified atom stereocenters. The number of thioether (sulfide) groups is 1. The number of carbonyl (C=O) groups is 1. The van der Waals surface area contributed by atoms with Gasteiger partial charge in [-0.2, -0.15) is 11.8 Å². The summed E-state index contributed by atoms with van der Waals surface area (Å²) in [7, 11) is 0. The lowest BCUT2D eigenvalue weighted by Gasteiger charge is -1.99. The van der Waals surface area contributed by atoms with E-state index in [1.54, 1.807) is 11.8 Å². The van der Waals surface area contributed by atoms with Crippen molar-refractivity contribution in [2.75, 3.05) is 12.0 Å². The molecular formula is C14H12N2O2S. The molecule has 2 aromatic rings. The molecule has 0 bridgehead atoms.